The molecule has 0 unspecified atom stereocenters. The first-order valence-corrected chi connectivity index (χ1v) is 4.98. The average molecular weight is 244 g/mol. The number of nitro groups is 1. The molecule has 0 bridgehead atoms. The van der Waals surface area contributed by atoms with Crippen LogP contribution in [-0.4, -0.2) is 41.8 Å². The van der Waals surface area contributed by atoms with Crippen molar-refractivity contribution in [3.05, 3.63) is 15.8 Å². The third-order valence-corrected chi connectivity index (χ3v) is 2.34. The van der Waals surface area contributed by atoms with Gasteiger partial charge in [-0.1, -0.05) is 0 Å². The molecule has 0 aromatic carbocycles. The predicted molar refractivity (Wildman–Crippen MR) is 60.9 cm³/mol. The van der Waals surface area contributed by atoms with Crippen LogP contribution >= 0.6 is 0 Å². The molecule has 0 fully saturated rings. The monoisotopic (exact) mass is 244 g/mol. The van der Waals surface area contributed by atoms with Gasteiger partial charge in [0.1, 0.15) is 5.69 Å². The number of anilines is 1. The minimum atomic E-state index is -0.468. The predicted octanol–water partition coefficient (Wildman–Crippen LogP) is 0.668. The lowest BCUT2D eigenvalue weighted by Gasteiger charge is -2.14. The Morgan fingerprint density at radius 3 is 2.59 bits per heavy atom. The molecule has 96 valence electrons. The summed E-state index contributed by atoms with van der Waals surface area (Å²) in [6.07, 6.45) is -0.468. The van der Waals surface area contributed by atoms with Gasteiger partial charge in [0.05, 0.1) is 11.5 Å². The molecule has 0 aliphatic rings. The van der Waals surface area contributed by atoms with Crippen molar-refractivity contribution in [1.82, 2.24) is 9.78 Å². The third-order valence-electron chi connectivity index (χ3n) is 2.34. The van der Waals surface area contributed by atoms with Crippen molar-refractivity contribution in [1.29, 1.82) is 0 Å². The number of ether oxygens (including phenoxy) is 2. The molecule has 1 N–H and O–H groups in total. The highest BCUT2D eigenvalue weighted by Crippen LogP contribution is 2.27. The van der Waals surface area contributed by atoms with Crippen molar-refractivity contribution >= 4 is 11.5 Å². The Morgan fingerprint density at radius 1 is 1.53 bits per heavy atom. The van der Waals surface area contributed by atoms with E-state index in [0.717, 1.165) is 0 Å². The molecule has 17 heavy (non-hydrogen) atoms. The molecule has 0 spiro atoms. The van der Waals surface area contributed by atoms with Crippen molar-refractivity contribution in [2.24, 2.45) is 7.05 Å². The van der Waals surface area contributed by atoms with E-state index < -0.39 is 11.2 Å². The fourth-order valence-electron chi connectivity index (χ4n) is 1.51. The van der Waals surface area contributed by atoms with Gasteiger partial charge in [-0.3, -0.25) is 10.1 Å². The van der Waals surface area contributed by atoms with E-state index in [1.165, 1.54) is 18.9 Å². The molecule has 1 aromatic heterocycles. The molecule has 0 saturated heterocycles. The zero-order chi connectivity index (χ0) is 13.0. The molecule has 8 heteroatoms. The summed E-state index contributed by atoms with van der Waals surface area (Å²) in [5, 5.41) is 17.8. The maximum atomic E-state index is 10.9. The molecule has 0 amide bonds. The highest BCUT2D eigenvalue weighted by atomic mass is 16.7. The molecule has 0 radical (unpaired) electrons. The van der Waals surface area contributed by atoms with E-state index in [1.807, 2.05) is 0 Å². The second-order valence-corrected chi connectivity index (χ2v) is 3.45. The molecule has 1 aromatic rings. The first kappa shape index (κ1) is 13.4. The normalized spacial score (nSPS) is 10.9. The Bertz CT molecular complexity index is 400. The van der Waals surface area contributed by atoms with Crippen LogP contribution in [0.4, 0.5) is 11.5 Å². The number of aromatic nitrogens is 2. The van der Waals surface area contributed by atoms with E-state index in [2.05, 4.69) is 10.4 Å². The number of rotatable bonds is 6. The van der Waals surface area contributed by atoms with Gasteiger partial charge < -0.3 is 14.8 Å². The lowest BCUT2D eigenvalue weighted by Crippen LogP contribution is -2.24. The average Bonchev–Trinajstić information content (AvgIpc) is 2.55. The van der Waals surface area contributed by atoms with Crippen molar-refractivity contribution in [2.45, 2.75) is 13.2 Å². The van der Waals surface area contributed by atoms with Crippen molar-refractivity contribution < 1.29 is 14.4 Å². The summed E-state index contributed by atoms with van der Waals surface area (Å²) in [5.74, 6) is 0.339. The highest BCUT2D eigenvalue weighted by Gasteiger charge is 2.24. The second kappa shape index (κ2) is 5.60. The number of nitrogens with one attached hydrogen (secondary N) is 1. The third kappa shape index (κ3) is 2.92. The lowest BCUT2D eigenvalue weighted by atomic mass is 10.4. The molecule has 8 nitrogen and oxygen atoms in total. The molecule has 0 saturated carbocycles. The van der Waals surface area contributed by atoms with Crippen molar-refractivity contribution in [3.8, 4) is 0 Å². The molecule has 1 rings (SSSR count). The van der Waals surface area contributed by atoms with Gasteiger partial charge in [-0.05, 0) is 6.92 Å². The quantitative estimate of drug-likeness (QED) is 0.449. The van der Waals surface area contributed by atoms with Gasteiger partial charge in [0.2, 0.25) is 5.82 Å². The maximum absolute atomic E-state index is 10.9. The number of hydrogen-bond donors (Lipinski definition) is 1. The van der Waals surface area contributed by atoms with Crippen LogP contribution in [0.25, 0.3) is 0 Å². The molecule has 0 aliphatic heterocycles. The van der Waals surface area contributed by atoms with Gasteiger partial charge in [-0.2, -0.15) is 5.10 Å². The topological polar surface area (TPSA) is 91.5 Å². The number of hydrogen-bond acceptors (Lipinski definition) is 6. The fourth-order valence-corrected chi connectivity index (χ4v) is 1.51. The first-order chi connectivity index (χ1) is 8.01. The van der Waals surface area contributed by atoms with E-state index in [0.29, 0.717) is 18.1 Å². The minimum absolute atomic E-state index is 0.0292. The number of nitrogens with zero attached hydrogens (tertiary/aromatic N) is 3. The van der Waals surface area contributed by atoms with E-state index >= 15 is 0 Å². The summed E-state index contributed by atoms with van der Waals surface area (Å²) in [7, 11) is 4.63. The first-order valence-electron chi connectivity index (χ1n) is 4.98. The van der Waals surface area contributed by atoms with Gasteiger partial charge in [0.15, 0.2) is 6.29 Å². The second-order valence-electron chi connectivity index (χ2n) is 3.45. The Balaban J connectivity index is 2.86. The van der Waals surface area contributed by atoms with Crippen molar-refractivity contribution in [3.63, 3.8) is 0 Å². The van der Waals surface area contributed by atoms with Crippen molar-refractivity contribution in [2.75, 3.05) is 26.1 Å². The van der Waals surface area contributed by atoms with Crippen LogP contribution in [-0.2, 0) is 16.5 Å². The van der Waals surface area contributed by atoms with Crippen LogP contribution in [0.2, 0.25) is 0 Å². The van der Waals surface area contributed by atoms with Crippen LogP contribution in [0.5, 0.6) is 0 Å². The van der Waals surface area contributed by atoms with Crippen LogP contribution < -0.4 is 5.32 Å². The smallest absolute Gasteiger partial charge is 0.333 e. The molecule has 1 heterocycles. The zero-order valence-corrected chi connectivity index (χ0v) is 10.3. The van der Waals surface area contributed by atoms with E-state index in [4.69, 9.17) is 9.47 Å². The highest BCUT2D eigenvalue weighted by molar-refractivity contribution is 5.59. The lowest BCUT2D eigenvalue weighted by molar-refractivity contribution is -0.384. The minimum Gasteiger partial charge on any atom is -0.359 e. The van der Waals surface area contributed by atoms with Gasteiger partial charge in [-0.25, -0.2) is 4.68 Å². The summed E-state index contributed by atoms with van der Waals surface area (Å²) < 4.78 is 11.4. The largest absolute Gasteiger partial charge is 0.359 e. The summed E-state index contributed by atoms with van der Waals surface area (Å²) >= 11 is 0. The number of methoxy groups -OCH3 is 2. The van der Waals surface area contributed by atoms with E-state index in [9.17, 15) is 10.1 Å². The van der Waals surface area contributed by atoms with Crippen LogP contribution in [0.1, 0.15) is 5.69 Å². The summed E-state index contributed by atoms with van der Waals surface area (Å²) in [5.41, 5.74) is 0.338. The van der Waals surface area contributed by atoms with Crippen LogP contribution in [0.3, 0.4) is 0 Å². The fraction of sp³-hybridized carbons (Fsp3) is 0.667. The molecular formula is C9H16N4O4. The standard InChI is InChI=1S/C9H16N4O4/c1-6-8(13(14)15)9(12(2)11-6)10-5-7(16-3)17-4/h7,10H,5H2,1-4H3. The summed E-state index contributed by atoms with van der Waals surface area (Å²) in [6, 6.07) is 0. The van der Waals surface area contributed by atoms with E-state index in [1.54, 1.807) is 14.0 Å². The van der Waals surface area contributed by atoms with Gasteiger partial charge in [0.25, 0.3) is 0 Å². The molecular weight excluding hydrogens is 228 g/mol. The Kier molecular flexibility index (Phi) is 4.41. The Hall–Kier alpha value is -1.67. The summed E-state index contributed by atoms with van der Waals surface area (Å²) in [6.45, 7) is 1.89. The maximum Gasteiger partial charge on any atom is 0.333 e. The SMILES string of the molecule is COC(CNc1c([N+](=O)[O-])c(C)nn1C)OC. The number of aryl methyl sites for hydroxylation is 2. The summed E-state index contributed by atoms with van der Waals surface area (Å²) in [4.78, 5) is 10.4. The Labute approximate surface area is 98.7 Å². The van der Waals surface area contributed by atoms with Crippen LogP contribution in [0.15, 0.2) is 0 Å². The zero-order valence-electron chi connectivity index (χ0n) is 10.3. The Morgan fingerprint density at radius 2 is 2.12 bits per heavy atom. The van der Waals surface area contributed by atoms with E-state index in [-0.39, 0.29) is 5.69 Å². The van der Waals surface area contributed by atoms with Gasteiger partial charge >= 0.3 is 5.69 Å². The van der Waals surface area contributed by atoms with Gasteiger partial charge in [-0.15, -0.1) is 0 Å². The van der Waals surface area contributed by atoms with Gasteiger partial charge in [0, 0.05) is 21.3 Å². The molecule has 0 atom stereocenters. The molecule has 0 aliphatic carbocycles. The van der Waals surface area contributed by atoms with Crippen LogP contribution in [0, 0.1) is 17.0 Å².